The number of hydrogen-bond donors (Lipinski definition) is 2. The van der Waals surface area contributed by atoms with Gasteiger partial charge in [0.1, 0.15) is 17.2 Å². The molecule has 2 N–H and O–H groups in total. The molecule has 7 nitrogen and oxygen atoms in total. The predicted molar refractivity (Wildman–Crippen MR) is 87.4 cm³/mol. The van der Waals surface area contributed by atoms with Crippen LogP contribution in [0.3, 0.4) is 0 Å². The Bertz CT molecular complexity index is 771. The van der Waals surface area contributed by atoms with Gasteiger partial charge in [0, 0.05) is 32.4 Å². The molecule has 0 bridgehead atoms. The first-order valence-corrected chi connectivity index (χ1v) is 8.40. The van der Waals surface area contributed by atoms with Gasteiger partial charge in [-0.05, 0) is 18.9 Å². The number of nitrogens with one attached hydrogen (secondary N) is 2. The lowest BCUT2D eigenvalue weighted by Gasteiger charge is -2.15. The molecule has 0 spiro atoms. The van der Waals surface area contributed by atoms with E-state index in [0.29, 0.717) is 17.9 Å². The molecule has 2 aromatic heterocycles. The summed E-state index contributed by atoms with van der Waals surface area (Å²) >= 11 is 0. The molecule has 3 heterocycles. The van der Waals surface area contributed by atoms with Crippen LogP contribution in [-0.2, 0) is 25.8 Å². The average molecular weight is 370 g/mol. The van der Waals surface area contributed by atoms with Crippen molar-refractivity contribution in [2.75, 3.05) is 13.1 Å². The van der Waals surface area contributed by atoms with Crippen LogP contribution in [0.5, 0.6) is 0 Å². The summed E-state index contributed by atoms with van der Waals surface area (Å²) in [5.41, 5.74) is -0.143. The number of amides is 1. The molecule has 1 aliphatic rings. The van der Waals surface area contributed by atoms with Gasteiger partial charge in [0.05, 0.1) is 12.2 Å². The van der Waals surface area contributed by atoms with Gasteiger partial charge in [-0.3, -0.25) is 9.48 Å². The van der Waals surface area contributed by atoms with Crippen molar-refractivity contribution in [3.8, 4) is 0 Å². The minimum absolute atomic E-state index is 0.0621. The number of hydrogen-bond acceptors (Lipinski definition) is 4. The lowest BCUT2D eigenvalue weighted by molar-refractivity contribution is -0.144. The Balaban J connectivity index is 1.58. The molecule has 0 fully saturated rings. The van der Waals surface area contributed by atoms with Gasteiger partial charge in [0.2, 0.25) is 0 Å². The number of fused-ring (bicyclic) bond motifs is 1. The minimum Gasteiger partial charge on any atom is -0.350 e. The number of alkyl halides is 3. The Kier molecular flexibility index (Phi) is 5.03. The number of aromatic nitrogens is 4. The lowest BCUT2D eigenvalue weighted by Crippen LogP contribution is -2.31. The number of nitrogens with zero attached hydrogens (tertiary/aromatic N) is 4. The Morgan fingerprint density at radius 3 is 2.92 bits per heavy atom. The third-order valence-electron chi connectivity index (χ3n) is 4.19. The molecule has 0 radical (unpaired) electrons. The van der Waals surface area contributed by atoms with Crippen LogP contribution in [0.25, 0.3) is 0 Å². The molecule has 1 atom stereocenters. The SMILES string of the molecule is Cc1cc(C(F)(F)F)n(CC(C)CNC(=O)c2cn3c(n2)CNCC3)n1. The summed E-state index contributed by atoms with van der Waals surface area (Å²) in [5, 5.41) is 9.82. The average Bonchev–Trinajstić information content (AvgIpc) is 3.15. The smallest absolute Gasteiger partial charge is 0.350 e. The fourth-order valence-electron chi connectivity index (χ4n) is 2.93. The number of halogens is 3. The maximum atomic E-state index is 13.0. The van der Waals surface area contributed by atoms with Gasteiger partial charge in [-0.15, -0.1) is 0 Å². The van der Waals surface area contributed by atoms with E-state index >= 15 is 0 Å². The molecule has 142 valence electrons. The van der Waals surface area contributed by atoms with E-state index in [-0.39, 0.29) is 24.9 Å². The van der Waals surface area contributed by atoms with E-state index in [9.17, 15) is 18.0 Å². The zero-order chi connectivity index (χ0) is 18.9. The first-order chi connectivity index (χ1) is 12.2. The lowest BCUT2D eigenvalue weighted by atomic mass is 10.2. The first kappa shape index (κ1) is 18.4. The van der Waals surface area contributed by atoms with Crippen LogP contribution in [-0.4, -0.2) is 38.3 Å². The minimum atomic E-state index is -4.45. The van der Waals surface area contributed by atoms with Crippen molar-refractivity contribution >= 4 is 5.91 Å². The van der Waals surface area contributed by atoms with E-state index < -0.39 is 11.9 Å². The Labute approximate surface area is 148 Å². The molecule has 0 aromatic carbocycles. The topological polar surface area (TPSA) is 76.8 Å². The third-order valence-corrected chi connectivity index (χ3v) is 4.19. The van der Waals surface area contributed by atoms with Crippen molar-refractivity contribution in [2.45, 2.75) is 39.7 Å². The number of aryl methyl sites for hydroxylation is 1. The zero-order valence-electron chi connectivity index (χ0n) is 14.6. The maximum absolute atomic E-state index is 13.0. The highest BCUT2D eigenvalue weighted by Crippen LogP contribution is 2.30. The van der Waals surface area contributed by atoms with Gasteiger partial charge in [0.15, 0.2) is 0 Å². The van der Waals surface area contributed by atoms with Crippen LogP contribution >= 0.6 is 0 Å². The zero-order valence-corrected chi connectivity index (χ0v) is 14.6. The van der Waals surface area contributed by atoms with Crippen LogP contribution in [0.15, 0.2) is 12.3 Å². The highest BCUT2D eigenvalue weighted by molar-refractivity contribution is 5.92. The van der Waals surface area contributed by atoms with Crippen LogP contribution < -0.4 is 10.6 Å². The summed E-state index contributed by atoms with van der Waals surface area (Å²) in [6.45, 7) is 5.77. The van der Waals surface area contributed by atoms with Crippen LogP contribution in [0, 0.1) is 12.8 Å². The standard InChI is InChI=1S/C16H21F3N6O/c1-10(8-25-13(16(17,18)19)5-11(2)23-25)6-21-15(26)12-9-24-4-3-20-7-14(24)22-12/h5,9-10,20H,3-4,6-8H2,1-2H3,(H,21,26). The van der Waals surface area contributed by atoms with Gasteiger partial charge in [0.25, 0.3) is 5.91 Å². The molecule has 3 rings (SSSR count). The molecule has 0 aliphatic carbocycles. The monoisotopic (exact) mass is 370 g/mol. The number of carbonyl (C=O) groups excluding carboxylic acids is 1. The molecule has 2 aromatic rings. The fourth-order valence-corrected chi connectivity index (χ4v) is 2.93. The van der Waals surface area contributed by atoms with E-state index in [1.807, 2.05) is 4.57 Å². The van der Waals surface area contributed by atoms with Crippen LogP contribution in [0.1, 0.15) is 34.6 Å². The molecule has 26 heavy (non-hydrogen) atoms. The summed E-state index contributed by atoms with van der Waals surface area (Å²) < 4.78 is 41.9. The molecule has 1 unspecified atom stereocenters. The van der Waals surface area contributed by atoms with Crippen molar-refractivity contribution < 1.29 is 18.0 Å². The molecular formula is C16H21F3N6O. The molecule has 10 heteroatoms. The molecule has 0 saturated carbocycles. The number of rotatable bonds is 5. The van der Waals surface area contributed by atoms with Gasteiger partial charge < -0.3 is 15.2 Å². The molecule has 1 aliphatic heterocycles. The Morgan fingerprint density at radius 1 is 1.46 bits per heavy atom. The molecule has 1 amide bonds. The van der Waals surface area contributed by atoms with E-state index in [4.69, 9.17) is 0 Å². The van der Waals surface area contributed by atoms with Crippen molar-refractivity contribution in [2.24, 2.45) is 5.92 Å². The van der Waals surface area contributed by atoms with Crippen molar-refractivity contribution in [1.29, 1.82) is 0 Å². The summed E-state index contributed by atoms with van der Waals surface area (Å²) in [7, 11) is 0. The summed E-state index contributed by atoms with van der Waals surface area (Å²) in [5.74, 6) is 0.251. The highest BCUT2D eigenvalue weighted by atomic mass is 19.4. The normalized spacial score (nSPS) is 15.6. The van der Waals surface area contributed by atoms with E-state index in [1.165, 1.54) is 6.92 Å². The molecular weight excluding hydrogens is 349 g/mol. The second kappa shape index (κ2) is 7.10. The fraction of sp³-hybridized carbons (Fsp3) is 0.562. The van der Waals surface area contributed by atoms with Gasteiger partial charge in [-0.2, -0.15) is 18.3 Å². The van der Waals surface area contributed by atoms with Gasteiger partial charge in [-0.1, -0.05) is 6.92 Å². The third kappa shape index (κ3) is 4.06. The number of carbonyl (C=O) groups is 1. The van der Waals surface area contributed by atoms with Crippen molar-refractivity contribution in [3.63, 3.8) is 0 Å². The van der Waals surface area contributed by atoms with E-state index in [0.717, 1.165) is 29.7 Å². The van der Waals surface area contributed by atoms with Crippen LogP contribution in [0.2, 0.25) is 0 Å². The van der Waals surface area contributed by atoms with E-state index in [1.54, 1.807) is 13.1 Å². The largest absolute Gasteiger partial charge is 0.433 e. The second-order valence-electron chi connectivity index (χ2n) is 6.58. The summed E-state index contributed by atoms with van der Waals surface area (Å²) in [6.07, 6.45) is -2.75. The second-order valence-corrected chi connectivity index (χ2v) is 6.58. The van der Waals surface area contributed by atoms with Gasteiger partial charge in [-0.25, -0.2) is 4.98 Å². The Morgan fingerprint density at radius 2 is 2.23 bits per heavy atom. The van der Waals surface area contributed by atoms with Crippen molar-refractivity contribution in [1.82, 2.24) is 30.0 Å². The maximum Gasteiger partial charge on any atom is 0.433 e. The number of imidazole rings is 1. The van der Waals surface area contributed by atoms with Gasteiger partial charge >= 0.3 is 6.18 Å². The van der Waals surface area contributed by atoms with Crippen LogP contribution in [0.4, 0.5) is 13.2 Å². The first-order valence-electron chi connectivity index (χ1n) is 8.40. The quantitative estimate of drug-likeness (QED) is 0.838. The predicted octanol–water partition coefficient (Wildman–Crippen LogP) is 1.58. The summed E-state index contributed by atoms with van der Waals surface area (Å²) in [6, 6.07) is 1.02. The molecule has 0 saturated heterocycles. The van der Waals surface area contributed by atoms with Crippen molar-refractivity contribution in [3.05, 3.63) is 35.2 Å². The summed E-state index contributed by atoms with van der Waals surface area (Å²) in [4.78, 5) is 16.5. The van der Waals surface area contributed by atoms with E-state index in [2.05, 4.69) is 20.7 Å². The Hall–Kier alpha value is -2.36. The highest BCUT2D eigenvalue weighted by Gasteiger charge is 2.35.